The fourth-order valence-corrected chi connectivity index (χ4v) is 3.04. The molecule has 3 nitrogen and oxygen atoms in total. The van der Waals surface area contributed by atoms with E-state index in [1.165, 1.54) is 12.8 Å². The highest BCUT2D eigenvalue weighted by Crippen LogP contribution is 2.26. The van der Waals surface area contributed by atoms with Crippen LogP contribution >= 0.6 is 0 Å². The zero-order valence-electron chi connectivity index (χ0n) is 11.9. The number of carbonyl (C=O) groups is 1. The van der Waals surface area contributed by atoms with Gasteiger partial charge in [-0.2, -0.15) is 0 Å². The van der Waals surface area contributed by atoms with Crippen molar-refractivity contribution < 1.29 is 9.21 Å². The molecule has 1 aliphatic heterocycles. The van der Waals surface area contributed by atoms with Crippen LogP contribution in [0.4, 0.5) is 0 Å². The maximum Gasteiger partial charge on any atom is 0.198 e. The monoisotopic (exact) mass is 271 g/mol. The molecule has 0 aliphatic carbocycles. The van der Waals surface area contributed by atoms with Crippen LogP contribution in [-0.4, -0.2) is 18.9 Å². The number of fused-ring (bicyclic) bond motifs is 1. The van der Waals surface area contributed by atoms with Crippen molar-refractivity contribution in [2.45, 2.75) is 26.2 Å². The van der Waals surface area contributed by atoms with Crippen molar-refractivity contribution in [2.24, 2.45) is 11.8 Å². The quantitative estimate of drug-likeness (QED) is 0.863. The standard InChI is InChI=1S/C17H21NO2/c1-12(14-6-4-8-18-11-14)9-15(19)17-10-13-5-2-3-7-16(13)20-17/h2-3,5,7,10,12,14,18H,4,6,8-9,11H2,1H3. The third-order valence-electron chi connectivity index (χ3n) is 4.35. The Bertz CT molecular complexity index is 563. The largest absolute Gasteiger partial charge is 0.453 e. The Morgan fingerprint density at radius 1 is 1.45 bits per heavy atom. The highest BCUT2D eigenvalue weighted by Gasteiger charge is 2.23. The Kier molecular flexibility index (Phi) is 3.88. The summed E-state index contributed by atoms with van der Waals surface area (Å²) in [4.78, 5) is 12.4. The maximum atomic E-state index is 12.4. The van der Waals surface area contributed by atoms with Crippen LogP contribution in [0.25, 0.3) is 11.0 Å². The van der Waals surface area contributed by atoms with Gasteiger partial charge in [0.1, 0.15) is 5.58 Å². The average Bonchev–Trinajstić information content (AvgIpc) is 2.92. The molecule has 1 saturated heterocycles. The Balaban J connectivity index is 1.68. The third kappa shape index (κ3) is 2.78. The van der Waals surface area contributed by atoms with Gasteiger partial charge >= 0.3 is 0 Å². The molecule has 0 spiro atoms. The van der Waals surface area contributed by atoms with Gasteiger partial charge in [-0.15, -0.1) is 0 Å². The molecule has 3 rings (SSSR count). The number of carbonyl (C=O) groups excluding carboxylic acids is 1. The van der Waals surface area contributed by atoms with E-state index >= 15 is 0 Å². The minimum absolute atomic E-state index is 0.124. The van der Waals surface area contributed by atoms with E-state index in [4.69, 9.17) is 4.42 Å². The molecule has 2 unspecified atom stereocenters. The van der Waals surface area contributed by atoms with Gasteiger partial charge in [-0.05, 0) is 49.9 Å². The van der Waals surface area contributed by atoms with E-state index in [9.17, 15) is 4.79 Å². The first-order valence-electron chi connectivity index (χ1n) is 7.46. The third-order valence-corrected chi connectivity index (χ3v) is 4.35. The predicted octanol–water partition coefficient (Wildman–Crippen LogP) is 3.64. The number of ketones is 1. The van der Waals surface area contributed by atoms with Gasteiger partial charge in [0.15, 0.2) is 11.5 Å². The van der Waals surface area contributed by atoms with Gasteiger partial charge in [-0.25, -0.2) is 0 Å². The van der Waals surface area contributed by atoms with Gasteiger partial charge in [-0.1, -0.05) is 25.1 Å². The number of nitrogens with one attached hydrogen (secondary N) is 1. The zero-order valence-corrected chi connectivity index (χ0v) is 11.9. The highest BCUT2D eigenvalue weighted by atomic mass is 16.3. The van der Waals surface area contributed by atoms with E-state index in [2.05, 4.69) is 12.2 Å². The van der Waals surface area contributed by atoms with Gasteiger partial charge in [0.25, 0.3) is 0 Å². The van der Waals surface area contributed by atoms with Crippen LogP contribution in [-0.2, 0) is 0 Å². The predicted molar refractivity (Wildman–Crippen MR) is 79.9 cm³/mol. The topological polar surface area (TPSA) is 42.2 Å². The lowest BCUT2D eigenvalue weighted by atomic mass is 9.84. The average molecular weight is 271 g/mol. The minimum Gasteiger partial charge on any atom is -0.453 e. The molecule has 1 aromatic carbocycles. The fraction of sp³-hybridized carbons (Fsp3) is 0.471. The van der Waals surface area contributed by atoms with Crippen LogP contribution in [0.3, 0.4) is 0 Å². The number of para-hydroxylation sites is 1. The minimum atomic E-state index is 0.124. The molecule has 0 amide bonds. The number of hydrogen-bond acceptors (Lipinski definition) is 3. The molecule has 0 saturated carbocycles. The lowest BCUT2D eigenvalue weighted by Gasteiger charge is -2.27. The molecule has 0 bridgehead atoms. The summed E-state index contributed by atoms with van der Waals surface area (Å²) in [5, 5.41) is 4.42. The molecule has 1 aromatic heterocycles. The van der Waals surface area contributed by atoms with Gasteiger partial charge in [0.2, 0.25) is 0 Å². The number of benzene rings is 1. The molecule has 1 fully saturated rings. The molecule has 3 heteroatoms. The Hall–Kier alpha value is -1.61. The highest BCUT2D eigenvalue weighted by molar-refractivity contribution is 5.97. The number of Topliss-reactive ketones (excluding diaryl/α,β-unsaturated/α-hetero) is 1. The Labute approximate surface area is 119 Å². The van der Waals surface area contributed by atoms with Gasteiger partial charge in [0, 0.05) is 11.8 Å². The first-order chi connectivity index (χ1) is 9.74. The summed E-state index contributed by atoms with van der Waals surface area (Å²) in [5.41, 5.74) is 0.794. The Morgan fingerprint density at radius 3 is 3.05 bits per heavy atom. The second kappa shape index (κ2) is 5.80. The molecular formula is C17H21NO2. The summed E-state index contributed by atoms with van der Waals surface area (Å²) in [6.07, 6.45) is 3.02. The van der Waals surface area contributed by atoms with E-state index in [1.807, 2.05) is 30.3 Å². The molecular weight excluding hydrogens is 250 g/mol. The first-order valence-corrected chi connectivity index (χ1v) is 7.46. The molecule has 2 aromatic rings. The van der Waals surface area contributed by atoms with Crippen LogP contribution < -0.4 is 5.32 Å². The molecule has 20 heavy (non-hydrogen) atoms. The molecule has 1 aliphatic rings. The smallest absolute Gasteiger partial charge is 0.198 e. The lowest BCUT2D eigenvalue weighted by molar-refractivity contribution is 0.0917. The summed E-state index contributed by atoms with van der Waals surface area (Å²) in [6, 6.07) is 9.63. The van der Waals surface area contributed by atoms with E-state index in [1.54, 1.807) is 0 Å². The molecule has 2 atom stereocenters. The summed E-state index contributed by atoms with van der Waals surface area (Å²) in [6.45, 7) is 4.33. The maximum absolute atomic E-state index is 12.4. The van der Waals surface area contributed by atoms with Gasteiger partial charge < -0.3 is 9.73 Å². The van der Waals surface area contributed by atoms with Crippen LogP contribution in [0.5, 0.6) is 0 Å². The molecule has 106 valence electrons. The molecule has 2 heterocycles. The molecule has 0 radical (unpaired) electrons. The van der Waals surface area contributed by atoms with E-state index in [0.29, 0.717) is 24.0 Å². The van der Waals surface area contributed by atoms with Gasteiger partial charge in [-0.3, -0.25) is 4.79 Å². The number of piperidine rings is 1. The van der Waals surface area contributed by atoms with Crippen molar-refractivity contribution in [3.05, 3.63) is 36.1 Å². The number of rotatable bonds is 4. The summed E-state index contributed by atoms with van der Waals surface area (Å²) >= 11 is 0. The normalized spacial score (nSPS) is 20.9. The van der Waals surface area contributed by atoms with Crippen LogP contribution in [0.15, 0.2) is 34.7 Å². The summed E-state index contributed by atoms with van der Waals surface area (Å²) in [5.74, 6) is 1.64. The molecule has 1 N–H and O–H groups in total. The van der Waals surface area contributed by atoms with Crippen molar-refractivity contribution in [3.8, 4) is 0 Å². The van der Waals surface area contributed by atoms with E-state index < -0.39 is 0 Å². The van der Waals surface area contributed by atoms with Crippen molar-refractivity contribution in [2.75, 3.05) is 13.1 Å². The Morgan fingerprint density at radius 2 is 2.30 bits per heavy atom. The van der Waals surface area contributed by atoms with Crippen molar-refractivity contribution in [1.82, 2.24) is 5.32 Å². The number of furan rings is 1. The van der Waals surface area contributed by atoms with Crippen molar-refractivity contribution in [3.63, 3.8) is 0 Å². The van der Waals surface area contributed by atoms with Crippen LogP contribution in [0, 0.1) is 11.8 Å². The van der Waals surface area contributed by atoms with Crippen molar-refractivity contribution >= 4 is 16.8 Å². The van der Waals surface area contributed by atoms with Crippen LogP contribution in [0.2, 0.25) is 0 Å². The van der Waals surface area contributed by atoms with Gasteiger partial charge in [0.05, 0.1) is 0 Å². The number of hydrogen-bond donors (Lipinski definition) is 1. The fourth-order valence-electron chi connectivity index (χ4n) is 3.04. The van der Waals surface area contributed by atoms with Crippen molar-refractivity contribution in [1.29, 1.82) is 0 Å². The summed E-state index contributed by atoms with van der Waals surface area (Å²) < 4.78 is 5.65. The second-order valence-corrected chi connectivity index (χ2v) is 5.86. The lowest BCUT2D eigenvalue weighted by Crippen LogP contribution is -2.33. The van der Waals surface area contributed by atoms with E-state index in [0.717, 1.165) is 24.1 Å². The summed E-state index contributed by atoms with van der Waals surface area (Å²) in [7, 11) is 0. The zero-order chi connectivity index (χ0) is 13.9. The SMILES string of the molecule is CC(CC(=O)c1cc2ccccc2o1)C1CCCNC1. The van der Waals surface area contributed by atoms with Crippen LogP contribution in [0.1, 0.15) is 36.7 Å². The first kappa shape index (κ1) is 13.4. The van der Waals surface area contributed by atoms with E-state index in [-0.39, 0.29) is 5.78 Å². The second-order valence-electron chi connectivity index (χ2n) is 5.86.